The van der Waals surface area contributed by atoms with Crippen LogP contribution in [-0.4, -0.2) is 30.4 Å². The van der Waals surface area contributed by atoms with Crippen LogP contribution in [0.5, 0.6) is 0 Å². The lowest BCUT2D eigenvalue weighted by molar-refractivity contribution is -0.126. The van der Waals surface area contributed by atoms with Crippen molar-refractivity contribution in [3.63, 3.8) is 0 Å². The lowest BCUT2D eigenvalue weighted by Gasteiger charge is -2.59. The van der Waals surface area contributed by atoms with Gasteiger partial charge in [-0.3, -0.25) is 9.69 Å². The van der Waals surface area contributed by atoms with Crippen LogP contribution in [0.2, 0.25) is 0 Å². The number of carbonyl (C=O) groups is 1. The quantitative estimate of drug-likeness (QED) is 0.847. The summed E-state index contributed by atoms with van der Waals surface area (Å²) in [5.74, 6) is 3.02. The molecular weight excluding hydrogens is 316 g/mol. The average molecular weight is 347 g/mol. The molecule has 3 nitrogen and oxygen atoms in total. The fourth-order valence-electron chi connectivity index (χ4n) is 6.12. The first-order valence-corrected chi connectivity index (χ1v) is 10.4. The van der Waals surface area contributed by atoms with Crippen molar-refractivity contribution < 1.29 is 4.79 Å². The standard InChI is InChI=1S/C20H30N2OS/c1-14(20-9-15-6-16(10-20)8-17(7-15)11-20)21-19(23)13-22(2)12-18-4-3-5-24-18/h3-5,14-17H,6-13H2,1-2H3,(H,21,23). The van der Waals surface area contributed by atoms with Crippen molar-refractivity contribution in [2.24, 2.45) is 23.2 Å². The van der Waals surface area contributed by atoms with Gasteiger partial charge < -0.3 is 5.32 Å². The molecular formula is C20H30N2OS. The van der Waals surface area contributed by atoms with Crippen LogP contribution < -0.4 is 5.32 Å². The van der Waals surface area contributed by atoms with Crippen molar-refractivity contribution in [1.29, 1.82) is 0 Å². The number of hydrogen-bond donors (Lipinski definition) is 1. The Bertz CT molecular complexity index is 547. The third-order valence-corrected chi connectivity index (χ3v) is 7.66. The van der Waals surface area contributed by atoms with Crippen molar-refractivity contribution in [1.82, 2.24) is 10.2 Å². The summed E-state index contributed by atoms with van der Waals surface area (Å²) in [6.07, 6.45) is 8.44. The molecule has 4 aliphatic rings. The van der Waals surface area contributed by atoms with E-state index >= 15 is 0 Å². The van der Waals surface area contributed by atoms with Crippen molar-refractivity contribution >= 4 is 17.2 Å². The van der Waals surface area contributed by atoms with Crippen LogP contribution in [0.15, 0.2) is 17.5 Å². The summed E-state index contributed by atoms with van der Waals surface area (Å²) < 4.78 is 0. The topological polar surface area (TPSA) is 32.3 Å². The lowest BCUT2D eigenvalue weighted by atomic mass is 9.48. The van der Waals surface area contributed by atoms with Crippen LogP contribution in [0, 0.1) is 23.2 Å². The summed E-state index contributed by atoms with van der Waals surface area (Å²) in [4.78, 5) is 16.0. The number of amides is 1. The van der Waals surface area contributed by atoms with E-state index in [1.807, 2.05) is 7.05 Å². The summed E-state index contributed by atoms with van der Waals surface area (Å²) in [6, 6.07) is 4.54. The van der Waals surface area contributed by atoms with E-state index in [2.05, 4.69) is 34.7 Å². The molecule has 1 heterocycles. The molecule has 0 saturated heterocycles. The fraction of sp³-hybridized carbons (Fsp3) is 0.750. The van der Waals surface area contributed by atoms with Gasteiger partial charge in [0.2, 0.25) is 5.91 Å². The molecule has 0 radical (unpaired) electrons. The molecule has 24 heavy (non-hydrogen) atoms. The zero-order valence-corrected chi connectivity index (χ0v) is 15.8. The number of rotatable bonds is 6. The Morgan fingerprint density at radius 1 is 1.29 bits per heavy atom. The van der Waals surface area contributed by atoms with E-state index in [1.54, 1.807) is 11.3 Å². The van der Waals surface area contributed by atoms with Crippen LogP contribution >= 0.6 is 11.3 Å². The van der Waals surface area contributed by atoms with Crippen LogP contribution in [0.25, 0.3) is 0 Å². The predicted molar refractivity (Wildman–Crippen MR) is 98.9 cm³/mol. The van der Waals surface area contributed by atoms with E-state index in [4.69, 9.17) is 0 Å². The highest BCUT2D eigenvalue weighted by Crippen LogP contribution is 2.61. The predicted octanol–water partition coefficient (Wildman–Crippen LogP) is 3.90. The van der Waals surface area contributed by atoms with E-state index in [0.717, 1.165) is 24.3 Å². The molecule has 1 atom stereocenters. The molecule has 4 aliphatic carbocycles. The maximum absolute atomic E-state index is 12.5. The molecule has 1 amide bonds. The Balaban J connectivity index is 1.32. The largest absolute Gasteiger partial charge is 0.352 e. The summed E-state index contributed by atoms with van der Waals surface area (Å²) in [5, 5.41) is 5.47. The minimum atomic E-state index is 0.192. The van der Waals surface area contributed by atoms with Crippen molar-refractivity contribution in [3.05, 3.63) is 22.4 Å². The van der Waals surface area contributed by atoms with Gasteiger partial charge in [0, 0.05) is 17.5 Å². The summed E-state index contributed by atoms with van der Waals surface area (Å²) in [5.41, 5.74) is 0.400. The fourth-order valence-corrected chi connectivity index (χ4v) is 6.90. The van der Waals surface area contributed by atoms with E-state index in [-0.39, 0.29) is 5.91 Å². The molecule has 1 aromatic heterocycles. The zero-order valence-electron chi connectivity index (χ0n) is 15.0. The summed E-state index contributed by atoms with van der Waals surface area (Å²) in [6.45, 7) is 3.62. The minimum Gasteiger partial charge on any atom is -0.352 e. The van der Waals surface area contributed by atoms with Gasteiger partial charge in [-0.05, 0) is 87.1 Å². The van der Waals surface area contributed by atoms with Crippen molar-refractivity contribution in [3.8, 4) is 0 Å². The second kappa shape index (κ2) is 6.45. The van der Waals surface area contributed by atoms with Gasteiger partial charge in [-0.1, -0.05) is 6.07 Å². The van der Waals surface area contributed by atoms with Crippen molar-refractivity contribution in [2.75, 3.05) is 13.6 Å². The molecule has 0 spiro atoms. The first kappa shape index (κ1) is 16.6. The van der Waals surface area contributed by atoms with Crippen LogP contribution in [0.1, 0.15) is 50.3 Å². The number of likely N-dealkylation sites (N-methyl/N-ethyl adjacent to an activating group) is 1. The summed E-state index contributed by atoms with van der Waals surface area (Å²) in [7, 11) is 2.04. The van der Waals surface area contributed by atoms with Crippen molar-refractivity contribution in [2.45, 2.75) is 58.0 Å². The number of thiophene rings is 1. The number of nitrogens with zero attached hydrogens (tertiary/aromatic N) is 1. The maximum atomic E-state index is 12.5. The molecule has 5 rings (SSSR count). The second-order valence-corrected chi connectivity index (χ2v) is 9.85. The first-order valence-electron chi connectivity index (χ1n) is 9.53. The second-order valence-electron chi connectivity index (χ2n) is 8.82. The van der Waals surface area contributed by atoms with Gasteiger partial charge >= 0.3 is 0 Å². The lowest BCUT2D eigenvalue weighted by Crippen LogP contribution is -2.56. The van der Waals surface area contributed by atoms with Gasteiger partial charge in [0.1, 0.15) is 0 Å². The van der Waals surface area contributed by atoms with Crippen LogP contribution in [0.3, 0.4) is 0 Å². The average Bonchev–Trinajstić information content (AvgIpc) is 2.98. The Hall–Kier alpha value is -0.870. The molecule has 1 N–H and O–H groups in total. The molecule has 1 aromatic rings. The molecule has 0 aromatic carbocycles. The van der Waals surface area contributed by atoms with E-state index < -0.39 is 0 Å². The third-order valence-electron chi connectivity index (χ3n) is 6.80. The smallest absolute Gasteiger partial charge is 0.234 e. The number of carbonyl (C=O) groups excluding carboxylic acids is 1. The van der Waals surface area contributed by atoms with Gasteiger partial charge in [0.25, 0.3) is 0 Å². The Morgan fingerprint density at radius 3 is 2.46 bits per heavy atom. The van der Waals surface area contributed by atoms with E-state index in [9.17, 15) is 4.79 Å². The normalized spacial score (nSPS) is 35.4. The zero-order chi connectivity index (χ0) is 16.7. The van der Waals surface area contributed by atoms with Crippen LogP contribution in [0.4, 0.5) is 0 Å². The molecule has 4 bridgehead atoms. The monoisotopic (exact) mass is 346 g/mol. The molecule has 4 saturated carbocycles. The van der Waals surface area contributed by atoms with Crippen LogP contribution in [-0.2, 0) is 11.3 Å². The molecule has 0 aliphatic heterocycles. The van der Waals surface area contributed by atoms with E-state index in [0.29, 0.717) is 18.0 Å². The summed E-state index contributed by atoms with van der Waals surface area (Å²) >= 11 is 1.76. The highest BCUT2D eigenvalue weighted by Gasteiger charge is 2.53. The molecule has 1 unspecified atom stereocenters. The highest BCUT2D eigenvalue weighted by molar-refractivity contribution is 7.09. The van der Waals surface area contributed by atoms with E-state index in [1.165, 1.54) is 43.4 Å². The molecule has 132 valence electrons. The maximum Gasteiger partial charge on any atom is 0.234 e. The Kier molecular flexibility index (Phi) is 4.46. The molecule has 4 fully saturated rings. The Labute approximate surface area is 149 Å². The highest BCUT2D eigenvalue weighted by atomic mass is 32.1. The van der Waals surface area contributed by atoms with Gasteiger partial charge in [-0.2, -0.15) is 0 Å². The van der Waals surface area contributed by atoms with Gasteiger partial charge in [-0.25, -0.2) is 0 Å². The molecule has 4 heteroatoms. The number of nitrogens with one attached hydrogen (secondary N) is 1. The SMILES string of the molecule is CC(NC(=O)CN(C)Cc1cccs1)C12CC3CC(CC(C3)C1)C2. The third kappa shape index (κ3) is 3.28. The Morgan fingerprint density at radius 2 is 1.92 bits per heavy atom. The number of hydrogen-bond acceptors (Lipinski definition) is 3. The van der Waals surface area contributed by atoms with Gasteiger partial charge in [-0.15, -0.1) is 11.3 Å². The first-order chi connectivity index (χ1) is 11.5. The van der Waals surface area contributed by atoms with Gasteiger partial charge in [0.05, 0.1) is 6.54 Å². The van der Waals surface area contributed by atoms with Gasteiger partial charge in [0.15, 0.2) is 0 Å². The minimum absolute atomic E-state index is 0.192.